The Balaban J connectivity index is 2.33. The lowest BCUT2D eigenvalue weighted by Crippen LogP contribution is -2.05. The fourth-order valence-electron chi connectivity index (χ4n) is 1.81. The van der Waals surface area contributed by atoms with Crippen LogP contribution in [-0.4, -0.2) is 16.5 Å². The summed E-state index contributed by atoms with van der Waals surface area (Å²) in [6.45, 7) is 9.30. The number of nitrogens with zero attached hydrogens (tertiary/aromatic N) is 2. The first kappa shape index (κ1) is 14.9. The van der Waals surface area contributed by atoms with Gasteiger partial charge in [0.2, 0.25) is 0 Å². The molecule has 1 aromatic heterocycles. The predicted molar refractivity (Wildman–Crippen MR) is 85.6 cm³/mol. The van der Waals surface area contributed by atoms with Gasteiger partial charge < -0.3 is 5.32 Å². The maximum Gasteiger partial charge on any atom is 0.134 e. The van der Waals surface area contributed by atoms with Crippen molar-refractivity contribution in [3.8, 4) is 0 Å². The molecule has 0 saturated carbocycles. The quantitative estimate of drug-likeness (QED) is 0.822. The highest BCUT2D eigenvalue weighted by Crippen LogP contribution is 2.30. The summed E-state index contributed by atoms with van der Waals surface area (Å²) in [6, 6.07) is 10.4. The summed E-state index contributed by atoms with van der Waals surface area (Å²) in [7, 11) is 0. The SMILES string of the molecule is CCNc1cc(Sc2ccccc2C)nc(C(C)C)n1. The lowest BCUT2D eigenvalue weighted by atomic mass is 10.2. The maximum atomic E-state index is 4.66. The lowest BCUT2D eigenvalue weighted by Gasteiger charge is -2.11. The van der Waals surface area contributed by atoms with Crippen LogP contribution in [0.25, 0.3) is 0 Å². The number of aromatic nitrogens is 2. The standard InChI is InChI=1S/C16H21N3S/c1-5-17-14-10-15(19-16(18-14)11(2)3)20-13-9-7-6-8-12(13)4/h6-11H,5H2,1-4H3,(H,17,18,19). The monoisotopic (exact) mass is 287 g/mol. The third-order valence-corrected chi connectivity index (χ3v) is 4.00. The van der Waals surface area contributed by atoms with Crippen molar-refractivity contribution in [3.63, 3.8) is 0 Å². The van der Waals surface area contributed by atoms with Crippen molar-refractivity contribution in [2.45, 2.75) is 43.5 Å². The van der Waals surface area contributed by atoms with Gasteiger partial charge in [0.15, 0.2) is 0 Å². The van der Waals surface area contributed by atoms with E-state index in [0.29, 0.717) is 5.92 Å². The minimum atomic E-state index is 0.324. The Hall–Kier alpha value is -1.55. The molecule has 20 heavy (non-hydrogen) atoms. The molecule has 0 atom stereocenters. The molecule has 0 aliphatic carbocycles. The normalized spacial score (nSPS) is 10.8. The first-order valence-electron chi connectivity index (χ1n) is 6.96. The van der Waals surface area contributed by atoms with E-state index in [2.05, 4.69) is 67.2 Å². The second-order valence-corrected chi connectivity index (χ2v) is 6.06. The topological polar surface area (TPSA) is 37.8 Å². The van der Waals surface area contributed by atoms with Crippen LogP contribution < -0.4 is 5.32 Å². The highest BCUT2D eigenvalue weighted by atomic mass is 32.2. The molecule has 0 saturated heterocycles. The van der Waals surface area contributed by atoms with Crippen molar-refractivity contribution in [2.24, 2.45) is 0 Å². The molecule has 1 heterocycles. The summed E-state index contributed by atoms with van der Waals surface area (Å²) in [6.07, 6.45) is 0. The molecule has 0 bridgehead atoms. The van der Waals surface area contributed by atoms with Crippen LogP contribution in [0.15, 0.2) is 40.3 Å². The van der Waals surface area contributed by atoms with Gasteiger partial charge in [-0.05, 0) is 25.5 Å². The van der Waals surface area contributed by atoms with Gasteiger partial charge in [0.05, 0.1) is 0 Å². The van der Waals surface area contributed by atoms with E-state index < -0.39 is 0 Å². The Morgan fingerprint density at radius 3 is 2.60 bits per heavy atom. The number of aryl methyl sites for hydroxylation is 1. The molecule has 0 fully saturated rings. The molecule has 0 amide bonds. The Morgan fingerprint density at radius 1 is 1.20 bits per heavy atom. The van der Waals surface area contributed by atoms with Gasteiger partial charge in [0, 0.05) is 23.4 Å². The average Bonchev–Trinajstić information content (AvgIpc) is 2.41. The van der Waals surface area contributed by atoms with E-state index in [1.165, 1.54) is 10.5 Å². The minimum Gasteiger partial charge on any atom is -0.370 e. The smallest absolute Gasteiger partial charge is 0.134 e. The van der Waals surface area contributed by atoms with Gasteiger partial charge in [-0.25, -0.2) is 9.97 Å². The summed E-state index contributed by atoms with van der Waals surface area (Å²) in [5.74, 6) is 2.12. The second-order valence-electron chi connectivity index (χ2n) is 5.00. The summed E-state index contributed by atoms with van der Waals surface area (Å²) in [5.41, 5.74) is 1.27. The van der Waals surface area contributed by atoms with Gasteiger partial charge in [-0.1, -0.05) is 43.8 Å². The fourth-order valence-corrected chi connectivity index (χ4v) is 2.72. The Morgan fingerprint density at radius 2 is 1.95 bits per heavy atom. The molecule has 0 radical (unpaired) electrons. The van der Waals surface area contributed by atoms with E-state index in [-0.39, 0.29) is 0 Å². The van der Waals surface area contributed by atoms with Crippen molar-refractivity contribution in [3.05, 3.63) is 41.7 Å². The van der Waals surface area contributed by atoms with Crippen LogP contribution >= 0.6 is 11.8 Å². The van der Waals surface area contributed by atoms with Crippen molar-refractivity contribution in [1.82, 2.24) is 9.97 Å². The van der Waals surface area contributed by atoms with Crippen LogP contribution in [0.2, 0.25) is 0 Å². The van der Waals surface area contributed by atoms with Crippen molar-refractivity contribution in [1.29, 1.82) is 0 Å². The zero-order chi connectivity index (χ0) is 14.5. The molecular weight excluding hydrogens is 266 g/mol. The van der Waals surface area contributed by atoms with E-state index >= 15 is 0 Å². The third kappa shape index (κ3) is 3.73. The molecule has 1 aromatic carbocycles. The number of rotatable bonds is 5. The molecule has 2 aromatic rings. The zero-order valence-corrected chi connectivity index (χ0v) is 13.3. The number of hydrogen-bond donors (Lipinski definition) is 1. The van der Waals surface area contributed by atoms with E-state index in [9.17, 15) is 0 Å². The summed E-state index contributed by atoms with van der Waals surface area (Å²) >= 11 is 1.69. The molecule has 4 heteroatoms. The largest absolute Gasteiger partial charge is 0.370 e. The van der Waals surface area contributed by atoms with Gasteiger partial charge in [-0.3, -0.25) is 0 Å². The minimum absolute atomic E-state index is 0.324. The highest BCUT2D eigenvalue weighted by molar-refractivity contribution is 7.99. The van der Waals surface area contributed by atoms with Gasteiger partial charge in [0.1, 0.15) is 16.7 Å². The Labute approximate surface area is 125 Å². The number of benzene rings is 1. The fraction of sp³-hybridized carbons (Fsp3) is 0.375. The molecule has 3 nitrogen and oxygen atoms in total. The summed E-state index contributed by atoms with van der Waals surface area (Å²) in [4.78, 5) is 10.5. The van der Waals surface area contributed by atoms with Crippen LogP contribution in [0.3, 0.4) is 0 Å². The molecule has 0 aliphatic rings. The highest BCUT2D eigenvalue weighted by Gasteiger charge is 2.09. The first-order valence-corrected chi connectivity index (χ1v) is 7.78. The van der Waals surface area contributed by atoms with Gasteiger partial charge in [-0.2, -0.15) is 0 Å². The average molecular weight is 287 g/mol. The first-order chi connectivity index (χ1) is 9.60. The van der Waals surface area contributed by atoms with E-state index in [1.54, 1.807) is 11.8 Å². The van der Waals surface area contributed by atoms with Crippen molar-refractivity contribution in [2.75, 3.05) is 11.9 Å². The van der Waals surface area contributed by atoms with Crippen molar-refractivity contribution >= 4 is 17.6 Å². The molecule has 106 valence electrons. The van der Waals surface area contributed by atoms with E-state index in [0.717, 1.165) is 23.2 Å². The van der Waals surface area contributed by atoms with E-state index in [1.807, 2.05) is 6.07 Å². The molecule has 0 unspecified atom stereocenters. The summed E-state index contributed by atoms with van der Waals surface area (Å²) in [5, 5.41) is 4.27. The number of anilines is 1. The molecule has 1 N–H and O–H groups in total. The van der Waals surface area contributed by atoms with Gasteiger partial charge in [-0.15, -0.1) is 0 Å². The Bertz CT molecular complexity index is 582. The number of nitrogens with one attached hydrogen (secondary N) is 1. The number of hydrogen-bond acceptors (Lipinski definition) is 4. The summed E-state index contributed by atoms with van der Waals surface area (Å²) < 4.78 is 0. The van der Waals surface area contributed by atoms with Crippen LogP contribution in [0.1, 0.15) is 38.1 Å². The molecule has 0 spiro atoms. The van der Waals surface area contributed by atoms with Crippen LogP contribution in [-0.2, 0) is 0 Å². The van der Waals surface area contributed by atoms with Gasteiger partial charge in [0.25, 0.3) is 0 Å². The van der Waals surface area contributed by atoms with Crippen molar-refractivity contribution < 1.29 is 0 Å². The predicted octanol–water partition coefficient (Wildman–Crippen LogP) is 4.49. The molecular formula is C16H21N3S. The van der Waals surface area contributed by atoms with Crippen LogP contribution in [0, 0.1) is 6.92 Å². The second kappa shape index (κ2) is 6.75. The van der Waals surface area contributed by atoms with Crippen LogP contribution in [0.5, 0.6) is 0 Å². The third-order valence-electron chi connectivity index (χ3n) is 2.90. The zero-order valence-electron chi connectivity index (χ0n) is 12.5. The lowest BCUT2D eigenvalue weighted by molar-refractivity contribution is 0.754. The Kier molecular flexibility index (Phi) is 5.01. The van der Waals surface area contributed by atoms with E-state index in [4.69, 9.17) is 0 Å². The molecule has 0 aliphatic heterocycles. The van der Waals surface area contributed by atoms with Gasteiger partial charge >= 0.3 is 0 Å². The van der Waals surface area contributed by atoms with Crippen LogP contribution in [0.4, 0.5) is 5.82 Å². The molecule has 2 rings (SSSR count). The maximum absolute atomic E-state index is 4.66.